The maximum absolute atomic E-state index is 11.4. The van der Waals surface area contributed by atoms with Gasteiger partial charge in [-0.3, -0.25) is 4.98 Å². The molecule has 3 aromatic rings. The van der Waals surface area contributed by atoms with E-state index in [1.807, 2.05) is 28.9 Å². The number of pyridine rings is 1. The summed E-state index contributed by atoms with van der Waals surface area (Å²) in [6, 6.07) is 9.65. The topological polar surface area (TPSA) is 80.9 Å². The molecule has 0 amide bonds. The molecule has 2 heterocycles. The molecule has 0 atom stereocenters. The van der Waals surface area contributed by atoms with Gasteiger partial charge < -0.3 is 5.11 Å². The van der Waals surface area contributed by atoms with Crippen molar-refractivity contribution in [2.75, 3.05) is 0 Å². The van der Waals surface area contributed by atoms with Gasteiger partial charge in [-0.2, -0.15) is 5.10 Å². The number of benzene rings is 1. The summed E-state index contributed by atoms with van der Waals surface area (Å²) in [7, 11) is 0. The van der Waals surface area contributed by atoms with Crippen LogP contribution in [0.3, 0.4) is 0 Å². The Balaban J connectivity index is 1.86. The van der Waals surface area contributed by atoms with Gasteiger partial charge in [0.1, 0.15) is 5.82 Å². The first-order chi connectivity index (χ1) is 13.0. The SMILES string of the molecule is CCCn1nc(C(C)C)nc1Cc1ccc(-c2ccncc2C(=O)O)cc1. The quantitative estimate of drug-likeness (QED) is 0.681. The summed E-state index contributed by atoms with van der Waals surface area (Å²) in [6.07, 6.45) is 4.69. The average molecular weight is 364 g/mol. The fourth-order valence-corrected chi connectivity index (χ4v) is 2.96. The van der Waals surface area contributed by atoms with Crippen LogP contribution in [0.15, 0.2) is 42.7 Å². The maximum Gasteiger partial charge on any atom is 0.337 e. The smallest absolute Gasteiger partial charge is 0.337 e. The number of aryl methyl sites for hydroxylation is 1. The fraction of sp³-hybridized carbons (Fsp3) is 0.333. The van der Waals surface area contributed by atoms with E-state index in [1.165, 1.54) is 6.20 Å². The van der Waals surface area contributed by atoms with Crippen molar-refractivity contribution in [1.82, 2.24) is 19.7 Å². The van der Waals surface area contributed by atoms with E-state index in [4.69, 9.17) is 4.98 Å². The van der Waals surface area contributed by atoms with Gasteiger partial charge in [0.2, 0.25) is 0 Å². The standard InChI is InChI=1S/C21H24N4O2/c1-4-11-25-19(23-20(24-25)14(2)3)12-15-5-7-16(8-6-15)17-9-10-22-13-18(17)21(26)27/h5-10,13-14H,4,11-12H2,1-3H3,(H,26,27). The Bertz CT molecular complexity index is 930. The molecule has 6 heteroatoms. The van der Waals surface area contributed by atoms with E-state index in [1.54, 1.807) is 12.3 Å². The summed E-state index contributed by atoms with van der Waals surface area (Å²) in [5.74, 6) is 1.16. The zero-order chi connectivity index (χ0) is 19.4. The highest BCUT2D eigenvalue weighted by molar-refractivity contribution is 5.95. The van der Waals surface area contributed by atoms with Gasteiger partial charge in [-0.15, -0.1) is 0 Å². The number of hydrogen-bond donors (Lipinski definition) is 1. The normalized spacial score (nSPS) is 11.1. The third kappa shape index (κ3) is 4.22. The van der Waals surface area contributed by atoms with E-state index < -0.39 is 5.97 Å². The Morgan fingerprint density at radius 2 is 1.93 bits per heavy atom. The van der Waals surface area contributed by atoms with Crippen LogP contribution in [-0.2, 0) is 13.0 Å². The highest BCUT2D eigenvalue weighted by atomic mass is 16.4. The zero-order valence-corrected chi connectivity index (χ0v) is 15.9. The lowest BCUT2D eigenvalue weighted by molar-refractivity contribution is 0.0697. The molecule has 1 N–H and O–H groups in total. The van der Waals surface area contributed by atoms with Crippen LogP contribution in [0, 0.1) is 0 Å². The molecule has 1 aromatic carbocycles. The molecule has 0 aliphatic heterocycles. The Morgan fingerprint density at radius 3 is 2.56 bits per heavy atom. The summed E-state index contributed by atoms with van der Waals surface area (Å²) in [4.78, 5) is 20.0. The van der Waals surface area contributed by atoms with Crippen molar-refractivity contribution < 1.29 is 9.90 Å². The van der Waals surface area contributed by atoms with E-state index >= 15 is 0 Å². The number of aromatic nitrogens is 4. The minimum atomic E-state index is -0.976. The van der Waals surface area contributed by atoms with E-state index in [-0.39, 0.29) is 5.56 Å². The first kappa shape index (κ1) is 18.8. The Labute approximate surface area is 158 Å². The second-order valence-corrected chi connectivity index (χ2v) is 6.86. The third-order valence-corrected chi connectivity index (χ3v) is 4.40. The highest BCUT2D eigenvalue weighted by Gasteiger charge is 2.14. The molecule has 3 rings (SSSR count). The van der Waals surface area contributed by atoms with Crippen molar-refractivity contribution in [1.29, 1.82) is 0 Å². The van der Waals surface area contributed by atoms with Gasteiger partial charge >= 0.3 is 5.97 Å². The van der Waals surface area contributed by atoms with Crippen molar-refractivity contribution in [3.63, 3.8) is 0 Å². The molecule has 0 radical (unpaired) electrons. The summed E-state index contributed by atoms with van der Waals surface area (Å²) in [5, 5.41) is 14.0. The third-order valence-electron chi connectivity index (χ3n) is 4.40. The van der Waals surface area contributed by atoms with Crippen molar-refractivity contribution in [3.8, 4) is 11.1 Å². The average Bonchev–Trinajstić information content (AvgIpc) is 3.05. The molecule has 2 aromatic heterocycles. The molecule has 0 saturated carbocycles. The van der Waals surface area contributed by atoms with Crippen LogP contribution in [0.5, 0.6) is 0 Å². The lowest BCUT2D eigenvalue weighted by Gasteiger charge is -2.08. The van der Waals surface area contributed by atoms with Gasteiger partial charge in [-0.05, 0) is 29.2 Å². The summed E-state index contributed by atoms with van der Waals surface area (Å²) < 4.78 is 1.99. The van der Waals surface area contributed by atoms with Gasteiger partial charge in [0.05, 0.1) is 5.56 Å². The van der Waals surface area contributed by atoms with Crippen LogP contribution in [0.2, 0.25) is 0 Å². The predicted molar refractivity (Wildman–Crippen MR) is 104 cm³/mol. The number of carboxylic acids is 1. The summed E-state index contributed by atoms with van der Waals surface area (Å²) in [5.41, 5.74) is 2.84. The molecule has 0 fully saturated rings. The number of aromatic carboxylic acids is 1. The van der Waals surface area contributed by atoms with E-state index in [2.05, 4.69) is 30.9 Å². The minimum Gasteiger partial charge on any atom is -0.478 e. The molecule has 27 heavy (non-hydrogen) atoms. The Kier molecular flexibility index (Phi) is 5.64. The molecule has 0 aliphatic carbocycles. The predicted octanol–water partition coefficient (Wildman–Crippen LogP) is 4.16. The Hall–Kier alpha value is -3.02. The molecular weight excluding hydrogens is 340 g/mol. The number of nitrogens with zero attached hydrogens (tertiary/aromatic N) is 4. The maximum atomic E-state index is 11.4. The van der Waals surface area contributed by atoms with Crippen LogP contribution in [0.4, 0.5) is 0 Å². The first-order valence-corrected chi connectivity index (χ1v) is 9.19. The van der Waals surface area contributed by atoms with Gasteiger partial charge in [-0.25, -0.2) is 14.5 Å². The molecule has 0 aliphatic rings. The molecule has 0 saturated heterocycles. The second kappa shape index (κ2) is 8.12. The number of carboxylic acid groups (broad SMARTS) is 1. The lowest BCUT2D eigenvalue weighted by Crippen LogP contribution is -2.06. The molecule has 0 unspecified atom stereocenters. The van der Waals surface area contributed by atoms with Crippen LogP contribution < -0.4 is 0 Å². The largest absolute Gasteiger partial charge is 0.478 e. The van der Waals surface area contributed by atoms with E-state index in [9.17, 15) is 9.90 Å². The number of hydrogen-bond acceptors (Lipinski definition) is 4. The van der Waals surface area contributed by atoms with Crippen LogP contribution in [-0.4, -0.2) is 30.8 Å². The number of carbonyl (C=O) groups is 1. The van der Waals surface area contributed by atoms with Crippen LogP contribution in [0.1, 0.15) is 60.7 Å². The van der Waals surface area contributed by atoms with E-state index in [0.717, 1.165) is 35.7 Å². The summed E-state index contributed by atoms with van der Waals surface area (Å²) >= 11 is 0. The molecule has 0 spiro atoms. The van der Waals surface area contributed by atoms with Gasteiger partial charge in [-0.1, -0.05) is 45.0 Å². The van der Waals surface area contributed by atoms with Crippen molar-refractivity contribution in [2.45, 2.75) is 46.1 Å². The van der Waals surface area contributed by atoms with Crippen molar-refractivity contribution in [2.24, 2.45) is 0 Å². The van der Waals surface area contributed by atoms with Gasteiger partial charge in [0, 0.05) is 31.3 Å². The van der Waals surface area contributed by atoms with Crippen molar-refractivity contribution >= 4 is 5.97 Å². The van der Waals surface area contributed by atoms with Gasteiger partial charge in [0.15, 0.2) is 5.82 Å². The highest BCUT2D eigenvalue weighted by Crippen LogP contribution is 2.24. The lowest BCUT2D eigenvalue weighted by atomic mass is 10.00. The van der Waals surface area contributed by atoms with Gasteiger partial charge in [0.25, 0.3) is 0 Å². The fourth-order valence-electron chi connectivity index (χ4n) is 2.96. The van der Waals surface area contributed by atoms with Crippen LogP contribution >= 0.6 is 0 Å². The minimum absolute atomic E-state index is 0.203. The number of rotatable bonds is 7. The molecule has 140 valence electrons. The first-order valence-electron chi connectivity index (χ1n) is 9.19. The van der Waals surface area contributed by atoms with Crippen molar-refractivity contribution in [3.05, 3.63) is 65.5 Å². The van der Waals surface area contributed by atoms with E-state index in [0.29, 0.717) is 17.9 Å². The molecule has 6 nitrogen and oxygen atoms in total. The zero-order valence-electron chi connectivity index (χ0n) is 15.9. The molecule has 0 bridgehead atoms. The second-order valence-electron chi connectivity index (χ2n) is 6.86. The van der Waals surface area contributed by atoms with Crippen LogP contribution in [0.25, 0.3) is 11.1 Å². The Morgan fingerprint density at radius 1 is 1.19 bits per heavy atom. The monoisotopic (exact) mass is 364 g/mol. The summed E-state index contributed by atoms with van der Waals surface area (Å²) in [6.45, 7) is 7.17. The molecular formula is C21H24N4O2.